The molecule has 5 rings (SSSR count). The van der Waals surface area contributed by atoms with Gasteiger partial charge in [0.2, 0.25) is 0 Å². The number of carbonyl (C=O) groups is 1. The van der Waals surface area contributed by atoms with Crippen LogP contribution in [-0.4, -0.2) is 29.1 Å². The fourth-order valence-electron chi connectivity index (χ4n) is 4.61. The van der Waals surface area contributed by atoms with Gasteiger partial charge >= 0.3 is 0 Å². The molecule has 0 aliphatic heterocycles. The van der Waals surface area contributed by atoms with E-state index in [1.807, 2.05) is 12.1 Å². The average Bonchev–Trinajstić information content (AvgIpc) is 3.32. The lowest BCUT2D eigenvalue weighted by molar-refractivity contribution is 0.100. The van der Waals surface area contributed by atoms with Gasteiger partial charge in [-0.15, -0.1) is 0 Å². The van der Waals surface area contributed by atoms with Crippen molar-refractivity contribution in [3.05, 3.63) is 72.6 Å². The number of rotatable bonds is 7. The van der Waals surface area contributed by atoms with Gasteiger partial charge in [0.1, 0.15) is 5.56 Å². The topological polar surface area (TPSA) is 156 Å². The molecule has 37 heavy (non-hydrogen) atoms. The highest BCUT2D eigenvalue weighted by molar-refractivity contribution is 7.92. The van der Waals surface area contributed by atoms with Crippen molar-refractivity contribution in [2.24, 2.45) is 11.7 Å². The lowest BCUT2D eigenvalue weighted by Crippen LogP contribution is -2.22. The minimum atomic E-state index is -3.84. The molecule has 1 aliphatic carbocycles. The Bertz CT molecular complexity index is 1610. The Balaban J connectivity index is 1.35. The first kappa shape index (κ1) is 24.3. The van der Waals surface area contributed by atoms with E-state index in [9.17, 15) is 18.5 Å². The largest absolute Gasteiger partial charge is 0.365 e. The Kier molecular flexibility index (Phi) is 6.50. The van der Waals surface area contributed by atoms with Crippen LogP contribution in [0.15, 0.2) is 71.9 Å². The van der Waals surface area contributed by atoms with E-state index in [-0.39, 0.29) is 28.2 Å². The molecule has 1 amide bonds. The monoisotopic (exact) mass is 515 g/mol. The maximum atomic E-state index is 12.9. The van der Waals surface area contributed by atoms with E-state index in [0.717, 1.165) is 31.1 Å². The number of pyridine rings is 1. The summed E-state index contributed by atoms with van der Waals surface area (Å²) < 4.78 is 30.1. The first-order chi connectivity index (χ1) is 17.8. The van der Waals surface area contributed by atoms with Crippen molar-refractivity contribution in [1.29, 1.82) is 5.26 Å². The Morgan fingerprint density at radius 2 is 1.84 bits per heavy atom. The second-order valence-electron chi connectivity index (χ2n) is 8.99. The molecule has 0 spiro atoms. The van der Waals surface area contributed by atoms with Crippen molar-refractivity contribution in [3.63, 3.8) is 0 Å². The van der Waals surface area contributed by atoms with Gasteiger partial charge in [0.15, 0.2) is 5.82 Å². The number of anilines is 3. The number of nitrogens with one attached hydrogen (secondary N) is 2. The van der Waals surface area contributed by atoms with Crippen LogP contribution in [0.4, 0.5) is 17.2 Å². The van der Waals surface area contributed by atoms with E-state index in [1.54, 1.807) is 47.4 Å². The number of hydrogen-bond acceptors (Lipinski definition) is 7. The summed E-state index contributed by atoms with van der Waals surface area (Å²) in [5.41, 5.74) is 7.40. The van der Waals surface area contributed by atoms with Crippen molar-refractivity contribution in [3.8, 4) is 6.07 Å². The lowest BCUT2D eigenvalue weighted by atomic mass is 9.85. The molecule has 2 unspecified atom stereocenters. The maximum Gasteiger partial charge on any atom is 0.261 e. The fraction of sp³-hybridized carbons (Fsp3) is 0.231. The van der Waals surface area contributed by atoms with Crippen LogP contribution in [0.3, 0.4) is 0 Å². The van der Waals surface area contributed by atoms with Crippen LogP contribution in [0.5, 0.6) is 0 Å². The zero-order valence-corrected chi connectivity index (χ0v) is 20.6. The molecule has 188 valence electrons. The summed E-state index contributed by atoms with van der Waals surface area (Å²) >= 11 is 0. The summed E-state index contributed by atoms with van der Waals surface area (Å²) in [6.07, 6.45) is 6.78. The van der Waals surface area contributed by atoms with E-state index in [0.29, 0.717) is 16.9 Å². The molecule has 1 aliphatic rings. The van der Waals surface area contributed by atoms with Gasteiger partial charge in [-0.3, -0.25) is 19.2 Å². The van der Waals surface area contributed by atoms with Crippen LogP contribution in [0.1, 0.15) is 42.1 Å². The summed E-state index contributed by atoms with van der Waals surface area (Å²) in [5, 5.41) is 18.0. The lowest BCUT2D eigenvalue weighted by Gasteiger charge is -2.26. The Hall–Kier alpha value is -4.43. The van der Waals surface area contributed by atoms with E-state index in [1.165, 1.54) is 12.1 Å². The van der Waals surface area contributed by atoms with E-state index in [2.05, 4.69) is 26.2 Å². The molecule has 11 heteroatoms. The summed E-state index contributed by atoms with van der Waals surface area (Å²) in [6, 6.07) is 17.2. The number of carbonyl (C=O) groups excluding carboxylic acids is 1. The number of sulfonamides is 1. The molecular weight excluding hydrogens is 490 g/mol. The number of benzene rings is 2. The molecular formula is C26H25N7O3S. The molecule has 0 radical (unpaired) electrons. The Morgan fingerprint density at radius 1 is 1.08 bits per heavy atom. The highest BCUT2D eigenvalue weighted by Gasteiger charge is 2.29. The van der Waals surface area contributed by atoms with Gasteiger partial charge in [-0.05, 0) is 55.3 Å². The average molecular weight is 516 g/mol. The Morgan fingerprint density at radius 3 is 2.59 bits per heavy atom. The molecule has 2 aromatic heterocycles. The summed E-state index contributed by atoms with van der Waals surface area (Å²) in [5.74, 6) is -0.573. The molecule has 2 atom stereocenters. The number of fused-ring (bicyclic) bond motifs is 1. The Labute approximate surface area is 214 Å². The maximum absolute atomic E-state index is 12.9. The van der Waals surface area contributed by atoms with Crippen molar-refractivity contribution >= 4 is 44.0 Å². The predicted octanol–water partition coefficient (Wildman–Crippen LogP) is 4.33. The third-order valence-corrected chi connectivity index (χ3v) is 7.92. The first-order valence-corrected chi connectivity index (χ1v) is 13.4. The molecule has 4 aromatic rings. The quantitative estimate of drug-likeness (QED) is 0.331. The minimum Gasteiger partial charge on any atom is -0.365 e. The zero-order chi connectivity index (χ0) is 26.0. The number of nitrogens with two attached hydrogens (primary N) is 1. The van der Waals surface area contributed by atoms with Gasteiger partial charge in [0.05, 0.1) is 34.1 Å². The van der Waals surface area contributed by atoms with Crippen molar-refractivity contribution in [2.75, 3.05) is 10.0 Å². The number of amides is 1. The first-order valence-electron chi connectivity index (χ1n) is 11.9. The zero-order valence-electron chi connectivity index (χ0n) is 19.8. The molecule has 1 fully saturated rings. The van der Waals surface area contributed by atoms with Crippen LogP contribution in [0.2, 0.25) is 0 Å². The smallest absolute Gasteiger partial charge is 0.261 e. The van der Waals surface area contributed by atoms with Gasteiger partial charge < -0.3 is 11.1 Å². The van der Waals surface area contributed by atoms with Gasteiger partial charge in [-0.2, -0.15) is 10.4 Å². The van der Waals surface area contributed by atoms with Crippen LogP contribution in [-0.2, 0) is 10.0 Å². The van der Waals surface area contributed by atoms with Crippen LogP contribution < -0.4 is 15.8 Å². The standard InChI is InChI=1S/C26H25N7O3S/c27-15-18-4-1-2-6-24(18)33-16-22(25(28)34)26(31-33)30-19-9-11-21(12-10-19)37(35,36)32-20-8-7-17-5-3-13-29-23(17)14-20/h3,5,7-14,16,18,24,32H,1-2,4,6H2,(H2,28,34)(H,30,31). The molecule has 2 heterocycles. The van der Waals surface area contributed by atoms with Crippen LogP contribution in [0.25, 0.3) is 10.9 Å². The van der Waals surface area contributed by atoms with Crippen molar-refractivity contribution < 1.29 is 13.2 Å². The second kappa shape index (κ2) is 9.91. The van der Waals surface area contributed by atoms with Gasteiger partial charge in [0, 0.05) is 23.5 Å². The summed E-state index contributed by atoms with van der Waals surface area (Å²) in [7, 11) is -3.84. The number of nitrogens with zero attached hydrogens (tertiary/aromatic N) is 4. The van der Waals surface area contributed by atoms with E-state index < -0.39 is 15.9 Å². The fourth-order valence-corrected chi connectivity index (χ4v) is 5.66. The third kappa shape index (κ3) is 5.10. The number of nitriles is 1. The van der Waals surface area contributed by atoms with Gasteiger partial charge in [0.25, 0.3) is 15.9 Å². The highest BCUT2D eigenvalue weighted by atomic mass is 32.2. The van der Waals surface area contributed by atoms with Crippen LogP contribution >= 0.6 is 0 Å². The van der Waals surface area contributed by atoms with Crippen LogP contribution in [0, 0.1) is 17.2 Å². The molecule has 1 saturated carbocycles. The van der Waals surface area contributed by atoms with Gasteiger partial charge in [-0.1, -0.05) is 25.0 Å². The summed E-state index contributed by atoms with van der Waals surface area (Å²) in [6.45, 7) is 0. The molecule has 2 aromatic carbocycles. The molecule has 0 bridgehead atoms. The normalized spacial score (nSPS) is 17.7. The number of hydrogen-bond donors (Lipinski definition) is 3. The highest BCUT2D eigenvalue weighted by Crippen LogP contribution is 2.34. The molecule has 0 saturated heterocycles. The third-order valence-electron chi connectivity index (χ3n) is 6.52. The van der Waals surface area contributed by atoms with E-state index >= 15 is 0 Å². The van der Waals surface area contributed by atoms with Crippen molar-refractivity contribution in [1.82, 2.24) is 14.8 Å². The van der Waals surface area contributed by atoms with E-state index in [4.69, 9.17) is 5.73 Å². The van der Waals surface area contributed by atoms with Gasteiger partial charge in [-0.25, -0.2) is 8.42 Å². The second-order valence-corrected chi connectivity index (χ2v) is 10.7. The number of aromatic nitrogens is 3. The molecule has 4 N–H and O–H groups in total. The summed E-state index contributed by atoms with van der Waals surface area (Å²) in [4.78, 5) is 16.4. The SMILES string of the molecule is N#CC1CCCCC1n1cc(C(N)=O)c(Nc2ccc(S(=O)(=O)Nc3ccc4cccnc4c3)cc2)n1. The molecule has 10 nitrogen and oxygen atoms in total. The number of primary amides is 1. The predicted molar refractivity (Wildman–Crippen MR) is 140 cm³/mol. The minimum absolute atomic E-state index is 0.0684. The van der Waals surface area contributed by atoms with Crippen molar-refractivity contribution in [2.45, 2.75) is 36.6 Å².